The first kappa shape index (κ1) is 14.3. The highest BCUT2D eigenvalue weighted by molar-refractivity contribution is 6.31. The molecule has 3 aromatic rings. The topological polar surface area (TPSA) is 43.6 Å². The predicted molar refractivity (Wildman–Crippen MR) is 84.9 cm³/mol. The lowest BCUT2D eigenvalue weighted by molar-refractivity contribution is 0.732. The summed E-state index contributed by atoms with van der Waals surface area (Å²) in [5, 5.41) is 0.362. The maximum absolute atomic E-state index is 6.27. The lowest BCUT2D eigenvalue weighted by Crippen LogP contribution is -2.07. The fourth-order valence-electron chi connectivity index (χ4n) is 2.31. The summed E-state index contributed by atoms with van der Waals surface area (Å²) in [6.45, 7) is 4.60. The normalized spacial score (nSPS) is 12.8. The first-order valence-corrected chi connectivity index (χ1v) is 7.43. The highest BCUT2D eigenvalue weighted by atomic mass is 35.5. The molecule has 6 heteroatoms. The third kappa shape index (κ3) is 2.74. The average Bonchev–Trinajstić information content (AvgIpc) is 2.79. The Kier molecular flexibility index (Phi) is 3.83. The summed E-state index contributed by atoms with van der Waals surface area (Å²) in [4.78, 5) is 13.1. The molecule has 108 valence electrons. The summed E-state index contributed by atoms with van der Waals surface area (Å²) in [5.74, 6) is 0.789. The minimum atomic E-state index is -0.208. The first-order valence-electron chi connectivity index (χ1n) is 6.61. The van der Waals surface area contributed by atoms with Crippen LogP contribution in [0.5, 0.6) is 0 Å². The van der Waals surface area contributed by atoms with Crippen molar-refractivity contribution in [2.45, 2.75) is 25.8 Å². The van der Waals surface area contributed by atoms with Gasteiger partial charge in [-0.15, -0.1) is 11.6 Å². The second-order valence-corrected chi connectivity index (χ2v) is 6.06. The van der Waals surface area contributed by atoms with E-state index in [0.717, 1.165) is 22.6 Å². The van der Waals surface area contributed by atoms with E-state index in [1.54, 1.807) is 12.4 Å². The average molecular weight is 321 g/mol. The van der Waals surface area contributed by atoms with Gasteiger partial charge in [0, 0.05) is 18.6 Å². The number of hydrogen-bond acceptors (Lipinski definition) is 3. The van der Waals surface area contributed by atoms with Crippen LogP contribution in [0.25, 0.3) is 11.2 Å². The number of rotatable bonds is 3. The molecule has 0 amide bonds. The Balaban J connectivity index is 2.16. The number of aromatic nitrogens is 4. The van der Waals surface area contributed by atoms with E-state index < -0.39 is 0 Å². The van der Waals surface area contributed by atoms with Crippen molar-refractivity contribution in [1.29, 1.82) is 0 Å². The van der Waals surface area contributed by atoms with Crippen molar-refractivity contribution in [2.24, 2.45) is 0 Å². The van der Waals surface area contributed by atoms with Crippen molar-refractivity contribution in [3.8, 4) is 0 Å². The number of fused-ring (bicyclic) bond motifs is 1. The molecule has 3 aromatic heterocycles. The fourth-order valence-corrected chi connectivity index (χ4v) is 2.63. The molecule has 0 saturated heterocycles. The molecule has 0 aliphatic rings. The third-order valence-electron chi connectivity index (χ3n) is 3.40. The molecule has 0 aliphatic carbocycles. The number of pyridine rings is 2. The molecule has 0 spiro atoms. The Bertz CT molecular complexity index is 795. The number of halogens is 2. The smallest absolute Gasteiger partial charge is 0.160 e. The van der Waals surface area contributed by atoms with Crippen molar-refractivity contribution >= 4 is 34.4 Å². The van der Waals surface area contributed by atoms with Crippen molar-refractivity contribution < 1.29 is 0 Å². The summed E-state index contributed by atoms with van der Waals surface area (Å²) < 4.78 is 2.03. The molecule has 0 radical (unpaired) electrons. The van der Waals surface area contributed by atoms with Crippen LogP contribution in [0.4, 0.5) is 0 Å². The van der Waals surface area contributed by atoms with Gasteiger partial charge >= 0.3 is 0 Å². The molecule has 3 heterocycles. The SMILES string of the molecule is Cc1cnccc1Cn1c(C(C)Cl)nc2cc(Cl)cnc21. The number of hydrogen-bond donors (Lipinski definition) is 0. The number of nitrogens with zero attached hydrogens (tertiary/aromatic N) is 4. The van der Waals surface area contributed by atoms with Gasteiger partial charge in [0.1, 0.15) is 11.3 Å². The molecule has 0 aliphatic heterocycles. The van der Waals surface area contributed by atoms with Crippen LogP contribution in [-0.4, -0.2) is 19.5 Å². The van der Waals surface area contributed by atoms with Crippen LogP contribution < -0.4 is 0 Å². The lowest BCUT2D eigenvalue weighted by Gasteiger charge is -2.11. The molecule has 0 N–H and O–H groups in total. The Morgan fingerprint density at radius 2 is 2.14 bits per heavy atom. The summed E-state index contributed by atoms with van der Waals surface area (Å²) in [5.41, 5.74) is 3.84. The number of imidazole rings is 1. The molecule has 21 heavy (non-hydrogen) atoms. The highest BCUT2D eigenvalue weighted by Crippen LogP contribution is 2.26. The number of alkyl halides is 1. The molecule has 0 bridgehead atoms. The summed E-state index contributed by atoms with van der Waals surface area (Å²) >= 11 is 12.3. The maximum Gasteiger partial charge on any atom is 0.160 e. The zero-order valence-electron chi connectivity index (χ0n) is 11.7. The summed E-state index contributed by atoms with van der Waals surface area (Å²) in [7, 11) is 0. The Labute approximate surface area is 132 Å². The van der Waals surface area contributed by atoms with Crippen LogP contribution >= 0.6 is 23.2 Å². The van der Waals surface area contributed by atoms with E-state index in [0.29, 0.717) is 11.6 Å². The largest absolute Gasteiger partial charge is 0.307 e. The monoisotopic (exact) mass is 320 g/mol. The summed E-state index contributed by atoms with van der Waals surface area (Å²) in [6, 6.07) is 3.81. The fraction of sp³-hybridized carbons (Fsp3) is 0.267. The van der Waals surface area contributed by atoms with E-state index in [-0.39, 0.29) is 5.38 Å². The second-order valence-electron chi connectivity index (χ2n) is 4.97. The molecular formula is C15H14Cl2N4. The van der Waals surface area contributed by atoms with Crippen LogP contribution in [0.1, 0.15) is 29.3 Å². The first-order chi connectivity index (χ1) is 10.1. The van der Waals surface area contributed by atoms with Crippen molar-refractivity contribution in [1.82, 2.24) is 19.5 Å². The van der Waals surface area contributed by atoms with Crippen molar-refractivity contribution in [3.05, 3.63) is 52.7 Å². The van der Waals surface area contributed by atoms with Gasteiger partial charge in [0.2, 0.25) is 0 Å². The molecule has 0 saturated carbocycles. The van der Waals surface area contributed by atoms with E-state index in [9.17, 15) is 0 Å². The van der Waals surface area contributed by atoms with E-state index in [1.807, 2.05) is 36.7 Å². The number of aryl methyl sites for hydroxylation is 1. The molecule has 3 rings (SSSR count). The zero-order valence-corrected chi connectivity index (χ0v) is 13.2. The lowest BCUT2D eigenvalue weighted by atomic mass is 10.1. The van der Waals surface area contributed by atoms with Crippen LogP contribution in [0.15, 0.2) is 30.7 Å². The zero-order chi connectivity index (χ0) is 15.0. The van der Waals surface area contributed by atoms with Crippen molar-refractivity contribution in [2.75, 3.05) is 0 Å². The standard InChI is InChI=1S/C15H14Cl2N4/c1-9-6-18-4-3-11(9)8-21-14(10(2)16)20-13-5-12(17)7-19-15(13)21/h3-7,10H,8H2,1-2H3. The molecule has 0 aromatic carbocycles. The third-order valence-corrected chi connectivity index (χ3v) is 3.80. The molecule has 1 unspecified atom stereocenters. The van der Waals surface area contributed by atoms with Gasteiger partial charge in [0.05, 0.1) is 16.9 Å². The van der Waals surface area contributed by atoms with Crippen LogP contribution in [0, 0.1) is 6.92 Å². The molecular weight excluding hydrogens is 307 g/mol. The molecule has 0 fully saturated rings. The molecule has 1 atom stereocenters. The quantitative estimate of drug-likeness (QED) is 0.681. The highest BCUT2D eigenvalue weighted by Gasteiger charge is 2.17. The Morgan fingerprint density at radius 3 is 2.86 bits per heavy atom. The van der Waals surface area contributed by atoms with E-state index in [1.165, 1.54) is 5.56 Å². The van der Waals surface area contributed by atoms with Gasteiger partial charge in [-0.2, -0.15) is 0 Å². The van der Waals surface area contributed by atoms with Gasteiger partial charge < -0.3 is 4.57 Å². The van der Waals surface area contributed by atoms with Gasteiger partial charge in [0.15, 0.2) is 5.65 Å². The maximum atomic E-state index is 6.27. The minimum absolute atomic E-state index is 0.208. The van der Waals surface area contributed by atoms with E-state index in [2.05, 4.69) is 15.0 Å². The van der Waals surface area contributed by atoms with Gasteiger partial charge in [-0.3, -0.25) is 4.98 Å². The van der Waals surface area contributed by atoms with E-state index >= 15 is 0 Å². The Hall–Kier alpha value is -1.65. The minimum Gasteiger partial charge on any atom is -0.307 e. The summed E-state index contributed by atoms with van der Waals surface area (Å²) in [6.07, 6.45) is 5.27. The van der Waals surface area contributed by atoms with Crippen LogP contribution in [0.3, 0.4) is 0 Å². The van der Waals surface area contributed by atoms with E-state index in [4.69, 9.17) is 23.2 Å². The Morgan fingerprint density at radius 1 is 1.33 bits per heavy atom. The van der Waals surface area contributed by atoms with Crippen molar-refractivity contribution in [3.63, 3.8) is 0 Å². The van der Waals surface area contributed by atoms with Crippen LogP contribution in [-0.2, 0) is 6.54 Å². The van der Waals surface area contributed by atoms with Gasteiger partial charge in [-0.05, 0) is 37.1 Å². The van der Waals surface area contributed by atoms with Gasteiger partial charge in [0.25, 0.3) is 0 Å². The van der Waals surface area contributed by atoms with Crippen LogP contribution in [0.2, 0.25) is 5.02 Å². The predicted octanol–water partition coefficient (Wildman–Crippen LogP) is 4.14. The van der Waals surface area contributed by atoms with Gasteiger partial charge in [-0.25, -0.2) is 9.97 Å². The second kappa shape index (κ2) is 5.62. The van der Waals surface area contributed by atoms with Gasteiger partial charge in [-0.1, -0.05) is 11.6 Å². The molecule has 4 nitrogen and oxygen atoms in total.